The molecule has 0 spiro atoms. The van der Waals surface area contributed by atoms with E-state index in [2.05, 4.69) is 5.10 Å². The molecule has 0 saturated carbocycles. The van der Waals surface area contributed by atoms with E-state index in [4.69, 9.17) is 11.6 Å². The van der Waals surface area contributed by atoms with Crippen molar-refractivity contribution in [3.8, 4) is 0 Å². The zero-order valence-corrected chi connectivity index (χ0v) is 11.8. The van der Waals surface area contributed by atoms with E-state index in [9.17, 15) is 9.18 Å². The van der Waals surface area contributed by atoms with E-state index in [0.717, 1.165) is 5.56 Å². The third-order valence-electron chi connectivity index (χ3n) is 2.95. The second-order valence-electron chi connectivity index (χ2n) is 4.59. The number of halogens is 2. The SMILES string of the molecule is Cc1cc(F)cc(C(=O)Cc2c(Cl)c(C)nn2C)c1. The molecule has 0 fully saturated rings. The minimum atomic E-state index is -0.407. The lowest BCUT2D eigenvalue weighted by Gasteiger charge is -2.04. The van der Waals surface area contributed by atoms with Gasteiger partial charge in [0.25, 0.3) is 0 Å². The van der Waals surface area contributed by atoms with Gasteiger partial charge < -0.3 is 0 Å². The molecule has 0 unspecified atom stereocenters. The number of carbonyl (C=O) groups excluding carboxylic acids is 1. The molecule has 100 valence electrons. The number of ketones is 1. The Morgan fingerprint density at radius 3 is 2.58 bits per heavy atom. The summed E-state index contributed by atoms with van der Waals surface area (Å²) in [5.74, 6) is -0.580. The van der Waals surface area contributed by atoms with Crippen LogP contribution in [0.1, 0.15) is 27.3 Å². The zero-order valence-electron chi connectivity index (χ0n) is 11.0. The summed E-state index contributed by atoms with van der Waals surface area (Å²) in [5.41, 5.74) is 2.40. The van der Waals surface area contributed by atoms with Crippen LogP contribution in [0.25, 0.3) is 0 Å². The molecule has 0 bridgehead atoms. The number of hydrogen-bond donors (Lipinski definition) is 0. The molecule has 0 atom stereocenters. The Labute approximate surface area is 116 Å². The molecule has 19 heavy (non-hydrogen) atoms. The van der Waals surface area contributed by atoms with Crippen LogP contribution >= 0.6 is 11.6 Å². The molecule has 0 saturated heterocycles. The largest absolute Gasteiger partial charge is 0.294 e. The van der Waals surface area contributed by atoms with Gasteiger partial charge in [-0.15, -0.1) is 0 Å². The molecule has 1 heterocycles. The van der Waals surface area contributed by atoms with Gasteiger partial charge in [0.15, 0.2) is 5.78 Å². The minimum absolute atomic E-state index is 0.110. The van der Waals surface area contributed by atoms with Gasteiger partial charge >= 0.3 is 0 Å². The highest BCUT2D eigenvalue weighted by Gasteiger charge is 2.16. The van der Waals surface area contributed by atoms with Crippen molar-refractivity contribution in [3.05, 3.63) is 51.6 Å². The van der Waals surface area contributed by atoms with Crippen LogP contribution in [-0.2, 0) is 13.5 Å². The van der Waals surface area contributed by atoms with Gasteiger partial charge in [-0.25, -0.2) is 4.39 Å². The van der Waals surface area contributed by atoms with Gasteiger partial charge in [0.05, 0.1) is 22.8 Å². The van der Waals surface area contributed by atoms with E-state index in [0.29, 0.717) is 22.0 Å². The number of rotatable bonds is 3. The first-order valence-electron chi connectivity index (χ1n) is 5.87. The highest BCUT2D eigenvalue weighted by Crippen LogP contribution is 2.21. The van der Waals surface area contributed by atoms with Crippen LogP contribution in [0.15, 0.2) is 18.2 Å². The Morgan fingerprint density at radius 1 is 1.37 bits per heavy atom. The molecule has 2 aromatic rings. The van der Waals surface area contributed by atoms with Gasteiger partial charge in [-0.05, 0) is 37.6 Å². The summed E-state index contributed by atoms with van der Waals surface area (Å²) in [7, 11) is 1.73. The highest BCUT2D eigenvalue weighted by molar-refractivity contribution is 6.32. The number of nitrogens with zero attached hydrogens (tertiary/aromatic N) is 2. The number of aryl methyl sites for hydroxylation is 3. The second-order valence-corrected chi connectivity index (χ2v) is 4.96. The molecule has 0 amide bonds. The second kappa shape index (κ2) is 5.13. The lowest BCUT2D eigenvalue weighted by atomic mass is 10.0. The summed E-state index contributed by atoms with van der Waals surface area (Å²) in [6, 6.07) is 4.30. The molecular formula is C14H14ClFN2O. The molecule has 1 aromatic heterocycles. The van der Waals surface area contributed by atoms with Gasteiger partial charge in [0.1, 0.15) is 5.82 Å². The van der Waals surface area contributed by atoms with Gasteiger partial charge in [0, 0.05) is 12.6 Å². The van der Waals surface area contributed by atoms with E-state index in [-0.39, 0.29) is 12.2 Å². The molecule has 0 radical (unpaired) electrons. The quantitative estimate of drug-likeness (QED) is 0.809. The van der Waals surface area contributed by atoms with Crippen LogP contribution in [0.4, 0.5) is 4.39 Å². The Balaban J connectivity index is 2.30. The van der Waals surface area contributed by atoms with Crippen molar-refractivity contribution in [3.63, 3.8) is 0 Å². The van der Waals surface area contributed by atoms with E-state index in [1.165, 1.54) is 12.1 Å². The number of aromatic nitrogens is 2. The zero-order chi connectivity index (χ0) is 14.2. The normalized spacial score (nSPS) is 10.8. The molecule has 0 N–H and O–H groups in total. The Hall–Kier alpha value is -1.68. The first kappa shape index (κ1) is 13.7. The third kappa shape index (κ3) is 2.84. The molecule has 5 heteroatoms. The van der Waals surface area contributed by atoms with Crippen LogP contribution in [0, 0.1) is 19.7 Å². The molecule has 2 rings (SSSR count). The fourth-order valence-corrected chi connectivity index (χ4v) is 2.25. The highest BCUT2D eigenvalue weighted by atomic mass is 35.5. The van der Waals surface area contributed by atoms with Crippen molar-refractivity contribution in [2.75, 3.05) is 0 Å². The summed E-state index contributed by atoms with van der Waals surface area (Å²) < 4.78 is 14.9. The maximum absolute atomic E-state index is 13.3. The van der Waals surface area contributed by atoms with Crippen LogP contribution in [-0.4, -0.2) is 15.6 Å². The van der Waals surface area contributed by atoms with Gasteiger partial charge in [0.2, 0.25) is 0 Å². The van der Waals surface area contributed by atoms with E-state index < -0.39 is 5.82 Å². The van der Waals surface area contributed by atoms with Crippen LogP contribution < -0.4 is 0 Å². The standard InChI is InChI=1S/C14H14ClFN2O/c1-8-4-10(6-11(16)5-8)13(19)7-12-14(15)9(2)17-18(12)3/h4-6H,7H2,1-3H3. The number of carbonyl (C=O) groups is 1. The van der Waals surface area contributed by atoms with Gasteiger partial charge in [-0.3, -0.25) is 9.48 Å². The maximum Gasteiger partial charge on any atom is 0.168 e. The summed E-state index contributed by atoms with van der Waals surface area (Å²) in [5, 5.41) is 4.64. The molecule has 0 aliphatic rings. The molecule has 0 aliphatic heterocycles. The molecule has 1 aromatic carbocycles. The monoisotopic (exact) mass is 280 g/mol. The molecule has 3 nitrogen and oxygen atoms in total. The maximum atomic E-state index is 13.3. The van der Waals surface area contributed by atoms with Crippen LogP contribution in [0.3, 0.4) is 0 Å². The van der Waals surface area contributed by atoms with Crippen LogP contribution in [0.2, 0.25) is 5.02 Å². The van der Waals surface area contributed by atoms with Gasteiger partial charge in [-0.2, -0.15) is 5.10 Å². The van der Waals surface area contributed by atoms with E-state index >= 15 is 0 Å². The Kier molecular flexibility index (Phi) is 3.71. The average Bonchev–Trinajstić information content (AvgIpc) is 2.54. The van der Waals surface area contributed by atoms with Crippen molar-refractivity contribution in [1.82, 2.24) is 9.78 Å². The number of hydrogen-bond acceptors (Lipinski definition) is 2. The summed E-state index contributed by atoms with van der Waals surface area (Å²) in [6.07, 6.45) is 0.110. The summed E-state index contributed by atoms with van der Waals surface area (Å²) >= 11 is 6.10. The van der Waals surface area contributed by atoms with E-state index in [1.54, 1.807) is 31.6 Å². The lowest BCUT2D eigenvalue weighted by Crippen LogP contribution is -2.09. The molecular weight excluding hydrogens is 267 g/mol. The fraction of sp³-hybridized carbons (Fsp3) is 0.286. The van der Waals surface area contributed by atoms with Gasteiger partial charge in [-0.1, -0.05) is 11.6 Å². The predicted octanol–water partition coefficient (Wildman–Crippen LogP) is 3.25. The summed E-state index contributed by atoms with van der Waals surface area (Å²) in [4.78, 5) is 12.2. The predicted molar refractivity (Wildman–Crippen MR) is 72.1 cm³/mol. The Morgan fingerprint density at radius 2 is 2.05 bits per heavy atom. The first-order valence-corrected chi connectivity index (χ1v) is 6.24. The van der Waals surface area contributed by atoms with E-state index in [1.807, 2.05) is 0 Å². The van der Waals surface area contributed by atoms with Crippen LogP contribution in [0.5, 0.6) is 0 Å². The first-order chi connectivity index (χ1) is 8.88. The fourth-order valence-electron chi connectivity index (χ4n) is 2.02. The third-order valence-corrected chi connectivity index (χ3v) is 3.45. The lowest BCUT2D eigenvalue weighted by molar-refractivity contribution is 0.0990. The van der Waals surface area contributed by atoms with Crippen molar-refractivity contribution < 1.29 is 9.18 Å². The van der Waals surface area contributed by atoms with Crippen molar-refractivity contribution >= 4 is 17.4 Å². The number of Topliss-reactive ketones (excluding diaryl/α,β-unsaturated/α-hetero) is 1. The van der Waals surface area contributed by atoms with Crippen molar-refractivity contribution in [1.29, 1.82) is 0 Å². The smallest absolute Gasteiger partial charge is 0.168 e. The average molecular weight is 281 g/mol. The number of benzene rings is 1. The Bertz CT molecular complexity index is 629. The molecule has 0 aliphatic carbocycles. The van der Waals surface area contributed by atoms with Crippen molar-refractivity contribution in [2.24, 2.45) is 7.05 Å². The topological polar surface area (TPSA) is 34.9 Å². The summed E-state index contributed by atoms with van der Waals surface area (Å²) in [6.45, 7) is 3.53. The minimum Gasteiger partial charge on any atom is -0.294 e. The van der Waals surface area contributed by atoms with Crippen molar-refractivity contribution in [2.45, 2.75) is 20.3 Å².